The van der Waals surface area contributed by atoms with Crippen molar-refractivity contribution in [2.45, 2.75) is 38.3 Å². The number of hydrogen-bond donors (Lipinski definition) is 2. The number of ether oxygens (including phenoxy) is 1. The van der Waals surface area contributed by atoms with Gasteiger partial charge in [-0.15, -0.1) is 0 Å². The van der Waals surface area contributed by atoms with Gasteiger partial charge in [0, 0.05) is 23.2 Å². The zero-order valence-electron chi connectivity index (χ0n) is 21.9. The van der Waals surface area contributed by atoms with Gasteiger partial charge < -0.3 is 15.8 Å². The molecule has 0 aliphatic heterocycles. The summed E-state index contributed by atoms with van der Waals surface area (Å²) in [5.74, 6) is -0.810. The molecule has 1 saturated carbocycles. The SMILES string of the molecule is C=C(c1ccc(OC)c(F)c1)c1cc(NCCC(F)(F)F)c2ncc(-c3ccc(C(N)=O)c(C)c3C3CC3)n2n1. The van der Waals surface area contributed by atoms with Crippen molar-refractivity contribution in [3.8, 4) is 17.0 Å². The van der Waals surface area contributed by atoms with Crippen LogP contribution in [0.15, 0.2) is 49.2 Å². The molecule has 40 heavy (non-hydrogen) atoms. The first-order valence-corrected chi connectivity index (χ1v) is 12.6. The second kappa shape index (κ2) is 10.3. The molecule has 2 heterocycles. The van der Waals surface area contributed by atoms with Gasteiger partial charge in [-0.3, -0.25) is 4.79 Å². The molecule has 7 nitrogen and oxygen atoms in total. The van der Waals surface area contributed by atoms with Gasteiger partial charge in [-0.1, -0.05) is 18.7 Å². The fourth-order valence-electron chi connectivity index (χ4n) is 4.89. The number of amides is 1. The summed E-state index contributed by atoms with van der Waals surface area (Å²) < 4.78 is 59.7. The van der Waals surface area contributed by atoms with E-state index in [1.807, 2.05) is 6.92 Å². The van der Waals surface area contributed by atoms with Crippen molar-refractivity contribution in [2.75, 3.05) is 19.0 Å². The molecule has 0 saturated heterocycles. The van der Waals surface area contributed by atoms with E-state index in [4.69, 9.17) is 15.6 Å². The van der Waals surface area contributed by atoms with Gasteiger partial charge in [-0.05, 0) is 66.6 Å². The van der Waals surface area contributed by atoms with E-state index in [9.17, 15) is 22.4 Å². The molecule has 5 rings (SSSR count). The summed E-state index contributed by atoms with van der Waals surface area (Å²) in [5.41, 5.74) is 10.9. The molecular formula is C29H27F4N5O2. The molecule has 1 aliphatic carbocycles. The lowest BCUT2D eigenvalue weighted by molar-refractivity contribution is -0.131. The van der Waals surface area contributed by atoms with E-state index >= 15 is 0 Å². The molecule has 0 atom stereocenters. The fraction of sp³-hybridized carbons (Fsp3) is 0.276. The third-order valence-corrected chi connectivity index (χ3v) is 7.04. The quantitative estimate of drug-likeness (QED) is 0.239. The van der Waals surface area contributed by atoms with Gasteiger partial charge in [-0.2, -0.15) is 18.3 Å². The summed E-state index contributed by atoms with van der Waals surface area (Å²) in [7, 11) is 1.36. The molecule has 208 valence electrons. The first kappa shape index (κ1) is 27.2. The molecular weight excluding hydrogens is 526 g/mol. The molecule has 2 aromatic carbocycles. The third kappa shape index (κ3) is 5.23. The molecule has 0 bridgehead atoms. The molecule has 11 heteroatoms. The van der Waals surface area contributed by atoms with Crippen molar-refractivity contribution in [1.29, 1.82) is 0 Å². The average molecular weight is 554 g/mol. The minimum atomic E-state index is -4.34. The smallest absolute Gasteiger partial charge is 0.390 e. The van der Waals surface area contributed by atoms with Crippen LogP contribution in [0, 0.1) is 12.7 Å². The Morgan fingerprint density at radius 2 is 1.98 bits per heavy atom. The number of anilines is 1. The molecule has 2 aromatic heterocycles. The largest absolute Gasteiger partial charge is 0.494 e. The van der Waals surface area contributed by atoms with Crippen LogP contribution >= 0.6 is 0 Å². The Balaban J connectivity index is 1.66. The minimum Gasteiger partial charge on any atom is -0.494 e. The summed E-state index contributed by atoms with van der Waals surface area (Å²) in [6.07, 6.45) is -1.88. The van der Waals surface area contributed by atoms with Crippen LogP contribution in [0.5, 0.6) is 5.75 Å². The Morgan fingerprint density at radius 3 is 2.60 bits per heavy atom. The number of alkyl halides is 3. The number of fused-ring (bicyclic) bond motifs is 1. The topological polar surface area (TPSA) is 94.5 Å². The van der Waals surface area contributed by atoms with E-state index in [2.05, 4.69) is 16.9 Å². The maximum absolute atomic E-state index is 14.5. The number of hydrogen-bond acceptors (Lipinski definition) is 5. The highest BCUT2D eigenvalue weighted by molar-refractivity contribution is 5.96. The first-order valence-electron chi connectivity index (χ1n) is 12.6. The van der Waals surface area contributed by atoms with E-state index in [1.54, 1.807) is 35.0 Å². The van der Waals surface area contributed by atoms with E-state index in [-0.39, 0.29) is 18.2 Å². The van der Waals surface area contributed by atoms with Gasteiger partial charge in [-0.25, -0.2) is 13.9 Å². The van der Waals surface area contributed by atoms with E-state index in [0.717, 1.165) is 29.5 Å². The molecule has 0 unspecified atom stereocenters. The molecule has 0 radical (unpaired) electrons. The number of primary amides is 1. The van der Waals surface area contributed by atoms with Gasteiger partial charge in [0.15, 0.2) is 17.2 Å². The van der Waals surface area contributed by atoms with Crippen LogP contribution in [0.1, 0.15) is 57.9 Å². The van der Waals surface area contributed by atoms with Crippen LogP contribution in [0.2, 0.25) is 0 Å². The second-order valence-corrected chi connectivity index (χ2v) is 9.78. The van der Waals surface area contributed by atoms with Crippen LogP contribution in [0.3, 0.4) is 0 Å². The minimum absolute atomic E-state index is 0.0637. The lowest BCUT2D eigenvalue weighted by Crippen LogP contribution is -2.16. The van der Waals surface area contributed by atoms with Gasteiger partial charge >= 0.3 is 6.18 Å². The number of nitrogens with two attached hydrogens (primary N) is 1. The Labute approximate surface area is 227 Å². The number of aromatic nitrogens is 3. The Morgan fingerprint density at radius 1 is 1.23 bits per heavy atom. The summed E-state index contributed by atoms with van der Waals surface area (Å²) in [4.78, 5) is 16.5. The number of benzene rings is 2. The number of nitrogens with zero attached hydrogens (tertiary/aromatic N) is 3. The maximum Gasteiger partial charge on any atom is 0.390 e. The highest BCUT2D eigenvalue weighted by atomic mass is 19.4. The number of carbonyl (C=O) groups excluding carboxylic acids is 1. The van der Waals surface area contributed by atoms with Crippen LogP contribution in [0.25, 0.3) is 22.5 Å². The number of imidazole rings is 1. The maximum atomic E-state index is 14.5. The highest BCUT2D eigenvalue weighted by Gasteiger charge is 2.31. The number of rotatable bonds is 9. The predicted molar refractivity (Wildman–Crippen MR) is 144 cm³/mol. The van der Waals surface area contributed by atoms with Crippen molar-refractivity contribution in [3.05, 3.63) is 82.9 Å². The standard InChI is InChI=1S/C29H27F4N5O2/c1-15(18-6-9-25(40-3)21(30)12-18)22-13-23(35-11-10-29(31,32)33)28-36-14-24(38(28)37-22)20-8-7-19(27(34)39)16(2)26(20)17-4-5-17/h6-9,12-14,17,35H,1,4-5,10-11H2,2-3H3,(H2,34,39). The van der Waals surface area contributed by atoms with Gasteiger partial charge in [0.2, 0.25) is 5.91 Å². The Kier molecular flexibility index (Phi) is 6.99. The molecule has 1 aliphatic rings. The van der Waals surface area contributed by atoms with Gasteiger partial charge in [0.1, 0.15) is 0 Å². The molecule has 1 fully saturated rings. The second-order valence-electron chi connectivity index (χ2n) is 9.78. The monoisotopic (exact) mass is 553 g/mol. The van der Waals surface area contributed by atoms with Crippen molar-refractivity contribution < 1.29 is 27.1 Å². The molecule has 4 aromatic rings. The lowest BCUT2D eigenvalue weighted by Gasteiger charge is -2.16. The van der Waals surface area contributed by atoms with Crippen LogP contribution in [0.4, 0.5) is 23.2 Å². The molecule has 3 N–H and O–H groups in total. The van der Waals surface area contributed by atoms with Gasteiger partial charge in [0.05, 0.1) is 36.8 Å². The number of halogens is 4. The van der Waals surface area contributed by atoms with Crippen molar-refractivity contribution in [3.63, 3.8) is 0 Å². The predicted octanol–water partition coefficient (Wildman–Crippen LogP) is 6.25. The number of methoxy groups -OCH3 is 1. The highest BCUT2D eigenvalue weighted by Crippen LogP contribution is 2.47. The summed E-state index contributed by atoms with van der Waals surface area (Å²) in [5, 5.41) is 7.56. The summed E-state index contributed by atoms with van der Waals surface area (Å²) >= 11 is 0. The van der Waals surface area contributed by atoms with Crippen molar-refractivity contribution in [2.24, 2.45) is 5.73 Å². The molecule has 0 spiro atoms. The zero-order chi connectivity index (χ0) is 28.8. The number of carbonyl (C=O) groups is 1. The lowest BCUT2D eigenvalue weighted by atomic mass is 9.92. The van der Waals surface area contributed by atoms with Crippen LogP contribution < -0.4 is 15.8 Å². The van der Waals surface area contributed by atoms with E-state index < -0.39 is 24.3 Å². The van der Waals surface area contributed by atoms with E-state index in [0.29, 0.717) is 39.4 Å². The van der Waals surface area contributed by atoms with Crippen molar-refractivity contribution >= 4 is 22.8 Å². The third-order valence-electron chi connectivity index (χ3n) is 7.04. The normalized spacial score (nSPS) is 13.4. The Bertz CT molecular complexity index is 1640. The van der Waals surface area contributed by atoms with Crippen LogP contribution in [-0.2, 0) is 0 Å². The fourth-order valence-corrected chi connectivity index (χ4v) is 4.89. The van der Waals surface area contributed by atoms with E-state index in [1.165, 1.54) is 19.2 Å². The Hall–Kier alpha value is -4.41. The average Bonchev–Trinajstić information content (AvgIpc) is 3.64. The molecule has 1 amide bonds. The van der Waals surface area contributed by atoms with Crippen LogP contribution in [-0.4, -0.2) is 40.3 Å². The first-order chi connectivity index (χ1) is 19.0. The summed E-state index contributed by atoms with van der Waals surface area (Å²) in [6, 6.07) is 9.35. The van der Waals surface area contributed by atoms with Gasteiger partial charge in [0.25, 0.3) is 0 Å². The number of nitrogens with one attached hydrogen (secondary N) is 1. The summed E-state index contributed by atoms with van der Waals surface area (Å²) in [6.45, 7) is 5.55. The van der Waals surface area contributed by atoms with Crippen molar-refractivity contribution in [1.82, 2.24) is 14.6 Å². The zero-order valence-corrected chi connectivity index (χ0v) is 21.9.